The second kappa shape index (κ2) is 3.98. The van der Waals surface area contributed by atoms with E-state index in [9.17, 15) is 4.79 Å². The predicted octanol–water partition coefficient (Wildman–Crippen LogP) is 2.46. The predicted molar refractivity (Wildman–Crippen MR) is 70.3 cm³/mol. The highest BCUT2D eigenvalue weighted by atomic mass is 16.4. The van der Waals surface area contributed by atoms with Crippen molar-refractivity contribution in [2.24, 2.45) is 0 Å². The van der Waals surface area contributed by atoms with E-state index < -0.39 is 5.97 Å². The molecule has 0 radical (unpaired) electrons. The summed E-state index contributed by atoms with van der Waals surface area (Å²) in [5.74, 6) is -0.903. The van der Waals surface area contributed by atoms with Gasteiger partial charge in [-0.25, -0.2) is 4.79 Å². The number of carboxylic acid groups (broad SMARTS) is 1. The molecule has 2 N–H and O–H groups in total. The summed E-state index contributed by atoms with van der Waals surface area (Å²) in [6, 6.07) is 5.10. The third-order valence-electron chi connectivity index (χ3n) is 3.51. The van der Waals surface area contributed by atoms with Crippen molar-refractivity contribution in [1.29, 1.82) is 0 Å². The zero-order chi connectivity index (χ0) is 12.7. The van der Waals surface area contributed by atoms with Gasteiger partial charge in [0, 0.05) is 23.8 Å². The van der Waals surface area contributed by atoms with Gasteiger partial charge in [-0.3, -0.25) is 4.98 Å². The Kier molecular flexibility index (Phi) is 2.44. The zero-order valence-electron chi connectivity index (χ0n) is 10.2. The number of nitrogens with zero attached hydrogens (tertiary/aromatic N) is 1. The SMILES string of the molecule is CNc1c2c(nc3ccc(C(=O)O)cc13)CCC2. The first-order chi connectivity index (χ1) is 8.70. The number of aryl methyl sites for hydroxylation is 1. The Morgan fingerprint density at radius 2 is 2.22 bits per heavy atom. The van der Waals surface area contributed by atoms with Gasteiger partial charge in [-0.15, -0.1) is 0 Å². The number of aromatic nitrogens is 1. The molecule has 0 fully saturated rings. The van der Waals surface area contributed by atoms with Gasteiger partial charge in [0.15, 0.2) is 0 Å². The Morgan fingerprint density at radius 3 is 2.94 bits per heavy atom. The molecule has 3 rings (SSSR count). The van der Waals surface area contributed by atoms with Gasteiger partial charge in [0.05, 0.1) is 11.1 Å². The average molecular weight is 242 g/mol. The van der Waals surface area contributed by atoms with E-state index in [1.165, 1.54) is 5.56 Å². The summed E-state index contributed by atoms with van der Waals surface area (Å²) in [5, 5.41) is 13.2. The first-order valence-electron chi connectivity index (χ1n) is 6.07. The fourth-order valence-corrected chi connectivity index (χ4v) is 2.68. The summed E-state index contributed by atoms with van der Waals surface area (Å²) in [6.07, 6.45) is 3.16. The topological polar surface area (TPSA) is 62.2 Å². The van der Waals surface area contributed by atoms with E-state index >= 15 is 0 Å². The van der Waals surface area contributed by atoms with Crippen LogP contribution in [0.5, 0.6) is 0 Å². The van der Waals surface area contributed by atoms with Crippen LogP contribution in [-0.4, -0.2) is 23.1 Å². The summed E-state index contributed by atoms with van der Waals surface area (Å²) in [5.41, 5.74) is 4.60. The van der Waals surface area contributed by atoms with Gasteiger partial charge in [0.1, 0.15) is 0 Å². The highest BCUT2D eigenvalue weighted by Gasteiger charge is 2.19. The number of carbonyl (C=O) groups is 1. The van der Waals surface area contributed by atoms with Gasteiger partial charge in [-0.2, -0.15) is 0 Å². The van der Waals surface area contributed by atoms with E-state index in [2.05, 4.69) is 10.3 Å². The molecule has 0 aliphatic heterocycles. The van der Waals surface area contributed by atoms with Crippen molar-refractivity contribution < 1.29 is 9.90 Å². The molecule has 4 nitrogen and oxygen atoms in total. The fourth-order valence-electron chi connectivity index (χ4n) is 2.68. The molecule has 18 heavy (non-hydrogen) atoms. The van der Waals surface area contributed by atoms with Gasteiger partial charge in [0.2, 0.25) is 0 Å². The minimum Gasteiger partial charge on any atom is -0.478 e. The number of carboxylic acids is 1. The second-order valence-electron chi connectivity index (χ2n) is 4.55. The summed E-state index contributed by atoms with van der Waals surface area (Å²) < 4.78 is 0. The number of hydrogen-bond donors (Lipinski definition) is 2. The summed E-state index contributed by atoms with van der Waals surface area (Å²) in [4.78, 5) is 15.7. The highest BCUT2D eigenvalue weighted by molar-refractivity contribution is 5.99. The quantitative estimate of drug-likeness (QED) is 0.849. The molecule has 2 aromatic rings. The molecule has 4 heteroatoms. The number of nitrogens with one attached hydrogen (secondary N) is 1. The first kappa shape index (κ1) is 11.0. The third-order valence-corrected chi connectivity index (χ3v) is 3.51. The molecule has 0 unspecified atom stereocenters. The van der Waals surface area contributed by atoms with Crippen LogP contribution in [0.1, 0.15) is 28.0 Å². The maximum Gasteiger partial charge on any atom is 0.335 e. The first-order valence-corrected chi connectivity index (χ1v) is 6.07. The van der Waals surface area contributed by atoms with E-state index in [1.807, 2.05) is 7.05 Å². The molecule has 0 spiro atoms. The lowest BCUT2D eigenvalue weighted by atomic mass is 10.0. The average Bonchev–Trinajstić information content (AvgIpc) is 2.82. The molecule has 92 valence electrons. The van der Waals surface area contributed by atoms with Crippen LogP contribution in [0.2, 0.25) is 0 Å². The molecular formula is C14H14N2O2. The van der Waals surface area contributed by atoms with Crippen LogP contribution in [0.15, 0.2) is 18.2 Å². The van der Waals surface area contributed by atoms with Crippen molar-refractivity contribution in [3.63, 3.8) is 0 Å². The van der Waals surface area contributed by atoms with Crippen LogP contribution < -0.4 is 5.32 Å². The van der Waals surface area contributed by atoms with E-state index in [1.54, 1.807) is 18.2 Å². The van der Waals surface area contributed by atoms with Crippen molar-refractivity contribution in [1.82, 2.24) is 4.98 Å². The summed E-state index contributed by atoms with van der Waals surface area (Å²) in [6.45, 7) is 0. The van der Waals surface area contributed by atoms with Crippen molar-refractivity contribution in [3.05, 3.63) is 35.0 Å². The molecule has 1 aromatic heterocycles. The molecule has 0 atom stereocenters. The van der Waals surface area contributed by atoms with Crippen molar-refractivity contribution in [2.45, 2.75) is 19.3 Å². The van der Waals surface area contributed by atoms with Gasteiger partial charge < -0.3 is 10.4 Å². The molecule has 0 saturated heterocycles. The van der Waals surface area contributed by atoms with Crippen LogP contribution >= 0.6 is 0 Å². The number of hydrogen-bond acceptors (Lipinski definition) is 3. The molecule has 1 aliphatic carbocycles. The third kappa shape index (κ3) is 1.53. The van der Waals surface area contributed by atoms with Gasteiger partial charge >= 0.3 is 5.97 Å². The number of pyridine rings is 1. The Bertz CT molecular complexity index is 650. The second-order valence-corrected chi connectivity index (χ2v) is 4.55. The fraction of sp³-hybridized carbons (Fsp3) is 0.286. The molecular weight excluding hydrogens is 228 g/mol. The molecule has 1 aliphatic rings. The zero-order valence-corrected chi connectivity index (χ0v) is 10.2. The van der Waals surface area contributed by atoms with Gasteiger partial charge in [-0.05, 0) is 43.0 Å². The normalized spacial score (nSPS) is 13.6. The van der Waals surface area contributed by atoms with Crippen LogP contribution in [-0.2, 0) is 12.8 Å². The maximum atomic E-state index is 11.0. The molecule has 0 amide bonds. The Hall–Kier alpha value is -2.10. The van der Waals surface area contributed by atoms with Gasteiger partial charge in [0.25, 0.3) is 0 Å². The van der Waals surface area contributed by atoms with Crippen LogP contribution in [0.4, 0.5) is 5.69 Å². The number of anilines is 1. The minimum absolute atomic E-state index is 0.304. The highest BCUT2D eigenvalue weighted by Crippen LogP contribution is 2.34. The van der Waals surface area contributed by atoms with E-state index in [-0.39, 0.29) is 0 Å². The number of rotatable bonds is 2. The van der Waals surface area contributed by atoms with Crippen LogP contribution in [0, 0.1) is 0 Å². The number of aromatic carboxylic acids is 1. The monoisotopic (exact) mass is 242 g/mol. The summed E-state index contributed by atoms with van der Waals surface area (Å²) >= 11 is 0. The molecule has 0 saturated carbocycles. The van der Waals surface area contributed by atoms with E-state index in [0.29, 0.717) is 5.56 Å². The lowest BCUT2D eigenvalue weighted by Crippen LogP contribution is -2.01. The van der Waals surface area contributed by atoms with Crippen LogP contribution in [0.3, 0.4) is 0 Å². The number of benzene rings is 1. The molecule has 1 heterocycles. The number of fused-ring (bicyclic) bond motifs is 2. The van der Waals surface area contributed by atoms with Crippen molar-refractivity contribution in [3.8, 4) is 0 Å². The minimum atomic E-state index is -0.903. The Morgan fingerprint density at radius 1 is 1.39 bits per heavy atom. The van der Waals surface area contributed by atoms with Gasteiger partial charge in [-0.1, -0.05) is 0 Å². The Balaban J connectivity index is 2.34. The lowest BCUT2D eigenvalue weighted by molar-refractivity contribution is 0.0697. The summed E-state index contributed by atoms with van der Waals surface area (Å²) in [7, 11) is 1.88. The maximum absolute atomic E-state index is 11.0. The van der Waals surface area contributed by atoms with Crippen molar-refractivity contribution in [2.75, 3.05) is 12.4 Å². The Labute approximate surface area is 105 Å². The standard InChI is InChI=1S/C14H14N2O2/c1-15-13-9-3-2-4-11(9)16-12-6-5-8(14(17)18)7-10(12)13/h5-7H,2-4H2,1H3,(H,15,16)(H,17,18). The largest absolute Gasteiger partial charge is 0.478 e. The molecule has 0 bridgehead atoms. The van der Waals surface area contributed by atoms with Crippen molar-refractivity contribution >= 4 is 22.6 Å². The smallest absolute Gasteiger partial charge is 0.335 e. The van der Waals surface area contributed by atoms with Crippen LogP contribution in [0.25, 0.3) is 10.9 Å². The lowest BCUT2D eigenvalue weighted by Gasteiger charge is -2.12. The van der Waals surface area contributed by atoms with E-state index in [4.69, 9.17) is 5.11 Å². The van der Waals surface area contributed by atoms with E-state index in [0.717, 1.165) is 41.5 Å². The molecule has 1 aromatic carbocycles.